The Kier molecular flexibility index (Phi) is 7.72. The second-order valence-corrected chi connectivity index (χ2v) is 8.28. The highest BCUT2D eigenvalue weighted by molar-refractivity contribution is 9.10. The number of amides is 2. The first kappa shape index (κ1) is 23.3. The van der Waals surface area contributed by atoms with Crippen molar-refractivity contribution in [2.24, 2.45) is 0 Å². The third kappa shape index (κ3) is 6.80. The third-order valence-electron chi connectivity index (χ3n) is 5.14. The normalized spacial score (nSPS) is 15.0. The van der Waals surface area contributed by atoms with E-state index < -0.39 is 11.7 Å². The van der Waals surface area contributed by atoms with Gasteiger partial charge >= 0.3 is 6.18 Å². The van der Waals surface area contributed by atoms with E-state index in [1.165, 1.54) is 12.1 Å². The van der Waals surface area contributed by atoms with Crippen molar-refractivity contribution in [1.82, 2.24) is 15.1 Å². The maximum Gasteiger partial charge on any atom is 0.416 e. The summed E-state index contributed by atoms with van der Waals surface area (Å²) in [7, 11) is 0. The van der Waals surface area contributed by atoms with E-state index in [9.17, 15) is 22.8 Å². The number of rotatable bonds is 6. The van der Waals surface area contributed by atoms with Crippen molar-refractivity contribution >= 4 is 27.7 Å². The molecule has 1 saturated heterocycles. The molecule has 0 saturated carbocycles. The number of piperazine rings is 1. The van der Waals surface area contributed by atoms with Crippen LogP contribution in [0.25, 0.3) is 0 Å². The molecule has 2 aromatic carbocycles. The van der Waals surface area contributed by atoms with E-state index in [1.54, 1.807) is 29.2 Å². The van der Waals surface area contributed by atoms with E-state index in [0.29, 0.717) is 38.3 Å². The molecule has 2 amide bonds. The first-order chi connectivity index (χ1) is 14.7. The Morgan fingerprint density at radius 1 is 0.935 bits per heavy atom. The minimum Gasteiger partial charge on any atom is -0.352 e. The molecule has 31 heavy (non-hydrogen) atoms. The maximum atomic E-state index is 12.7. The van der Waals surface area contributed by atoms with Gasteiger partial charge in [0.1, 0.15) is 0 Å². The summed E-state index contributed by atoms with van der Waals surface area (Å²) in [5.74, 6) is -0.244. The van der Waals surface area contributed by atoms with Crippen molar-refractivity contribution in [3.05, 3.63) is 69.7 Å². The third-order valence-corrected chi connectivity index (χ3v) is 5.67. The highest BCUT2D eigenvalue weighted by Crippen LogP contribution is 2.29. The van der Waals surface area contributed by atoms with Gasteiger partial charge in [-0.25, -0.2) is 0 Å². The van der Waals surface area contributed by atoms with Crippen molar-refractivity contribution in [3.8, 4) is 0 Å². The predicted molar refractivity (Wildman–Crippen MR) is 114 cm³/mol. The number of benzene rings is 2. The van der Waals surface area contributed by atoms with Gasteiger partial charge in [-0.15, -0.1) is 0 Å². The fraction of sp³-hybridized carbons (Fsp3) is 0.364. The van der Waals surface area contributed by atoms with E-state index in [0.717, 1.165) is 22.2 Å². The van der Waals surface area contributed by atoms with E-state index in [1.807, 2.05) is 0 Å². The zero-order chi connectivity index (χ0) is 22.4. The number of hydrogen-bond acceptors (Lipinski definition) is 3. The van der Waals surface area contributed by atoms with Crippen molar-refractivity contribution in [2.75, 3.05) is 32.7 Å². The Morgan fingerprint density at radius 2 is 1.55 bits per heavy atom. The second kappa shape index (κ2) is 10.3. The molecule has 5 nitrogen and oxygen atoms in total. The molecule has 0 aliphatic carbocycles. The fourth-order valence-electron chi connectivity index (χ4n) is 3.36. The zero-order valence-corrected chi connectivity index (χ0v) is 18.4. The Labute approximate surface area is 187 Å². The molecular weight excluding hydrogens is 475 g/mol. The van der Waals surface area contributed by atoms with Crippen LogP contribution >= 0.6 is 15.9 Å². The lowest BCUT2D eigenvalue weighted by Crippen LogP contribution is -2.48. The van der Waals surface area contributed by atoms with Crippen LogP contribution in [0.3, 0.4) is 0 Å². The summed E-state index contributed by atoms with van der Waals surface area (Å²) in [6.45, 7) is 3.22. The first-order valence-electron chi connectivity index (χ1n) is 9.92. The lowest BCUT2D eigenvalue weighted by Gasteiger charge is -2.35. The molecule has 0 aromatic heterocycles. The lowest BCUT2D eigenvalue weighted by molar-refractivity contribution is -0.137. The molecule has 2 aromatic rings. The van der Waals surface area contributed by atoms with E-state index in [-0.39, 0.29) is 24.8 Å². The van der Waals surface area contributed by atoms with E-state index in [2.05, 4.69) is 26.1 Å². The molecule has 1 heterocycles. The van der Waals surface area contributed by atoms with Gasteiger partial charge in [0.25, 0.3) is 5.91 Å². The van der Waals surface area contributed by atoms with Crippen molar-refractivity contribution < 1.29 is 22.8 Å². The van der Waals surface area contributed by atoms with Gasteiger partial charge in [0.15, 0.2) is 0 Å². The molecule has 0 bridgehead atoms. The van der Waals surface area contributed by atoms with Crippen LogP contribution in [0.15, 0.2) is 53.0 Å². The molecule has 0 spiro atoms. The summed E-state index contributed by atoms with van der Waals surface area (Å²) in [6, 6.07) is 12.2. The quantitative estimate of drug-likeness (QED) is 0.657. The van der Waals surface area contributed by atoms with Gasteiger partial charge in [-0.3, -0.25) is 14.5 Å². The summed E-state index contributed by atoms with van der Waals surface area (Å²) in [5.41, 5.74) is 0.690. The molecule has 3 rings (SSSR count). The fourth-order valence-corrected chi connectivity index (χ4v) is 3.62. The maximum absolute atomic E-state index is 12.7. The van der Waals surface area contributed by atoms with Gasteiger partial charge in [0.05, 0.1) is 5.56 Å². The standard InChI is InChI=1S/C22H23BrF3N3O2/c23-19-7-3-17(4-8-19)21(31)27-10-9-20(30)29-13-11-28(12-14-29)15-16-1-5-18(6-2-16)22(24,25)26/h1-8H,9-15H2,(H,27,31). The topological polar surface area (TPSA) is 52.7 Å². The van der Waals surface area contributed by atoms with Crippen LogP contribution in [-0.4, -0.2) is 54.3 Å². The SMILES string of the molecule is O=C(NCCC(=O)N1CCN(Cc2ccc(C(F)(F)F)cc2)CC1)c1ccc(Br)cc1. The molecule has 0 radical (unpaired) electrons. The van der Waals surface area contributed by atoms with E-state index in [4.69, 9.17) is 0 Å². The van der Waals surface area contributed by atoms with Crippen molar-refractivity contribution in [1.29, 1.82) is 0 Å². The van der Waals surface area contributed by atoms with Crippen molar-refractivity contribution in [3.63, 3.8) is 0 Å². The Hall–Kier alpha value is -2.39. The van der Waals surface area contributed by atoms with Crippen LogP contribution in [0.1, 0.15) is 27.9 Å². The molecule has 0 atom stereocenters. The number of halogens is 4. The van der Waals surface area contributed by atoms with Gasteiger partial charge in [0.2, 0.25) is 5.91 Å². The molecule has 166 valence electrons. The van der Waals surface area contributed by atoms with Gasteiger partial charge in [-0.2, -0.15) is 13.2 Å². The van der Waals surface area contributed by atoms with Crippen LogP contribution in [0.4, 0.5) is 13.2 Å². The number of nitrogens with one attached hydrogen (secondary N) is 1. The van der Waals surface area contributed by atoms with Gasteiger partial charge in [-0.05, 0) is 42.0 Å². The number of hydrogen-bond donors (Lipinski definition) is 1. The molecule has 1 aliphatic rings. The van der Waals surface area contributed by atoms with Crippen LogP contribution in [0.5, 0.6) is 0 Å². The van der Waals surface area contributed by atoms with Gasteiger partial charge in [0, 0.05) is 55.7 Å². The molecule has 1 aliphatic heterocycles. The predicted octanol–water partition coefficient (Wildman–Crippen LogP) is 3.93. The Bertz CT molecular complexity index is 894. The van der Waals surface area contributed by atoms with E-state index >= 15 is 0 Å². The smallest absolute Gasteiger partial charge is 0.352 e. The molecular formula is C22H23BrF3N3O2. The van der Waals surface area contributed by atoms with Gasteiger partial charge < -0.3 is 10.2 Å². The summed E-state index contributed by atoms with van der Waals surface area (Å²) in [6.07, 6.45) is -4.11. The zero-order valence-electron chi connectivity index (χ0n) is 16.8. The summed E-state index contributed by atoms with van der Waals surface area (Å²) < 4.78 is 38.9. The summed E-state index contributed by atoms with van der Waals surface area (Å²) >= 11 is 3.32. The summed E-state index contributed by atoms with van der Waals surface area (Å²) in [4.78, 5) is 28.4. The van der Waals surface area contributed by atoms with Crippen LogP contribution in [0.2, 0.25) is 0 Å². The van der Waals surface area contributed by atoms with Crippen molar-refractivity contribution in [2.45, 2.75) is 19.1 Å². The first-order valence-corrected chi connectivity index (χ1v) is 10.7. The highest BCUT2D eigenvalue weighted by Gasteiger charge is 2.30. The Morgan fingerprint density at radius 3 is 2.13 bits per heavy atom. The molecule has 9 heteroatoms. The minimum absolute atomic E-state index is 0.0229. The molecule has 1 fully saturated rings. The lowest BCUT2D eigenvalue weighted by atomic mass is 10.1. The largest absolute Gasteiger partial charge is 0.416 e. The highest BCUT2D eigenvalue weighted by atomic mass is 79.9. The molecule has 1 N–H and O–H groups in total. The van der Waals surface area contributed by atoms with Gasteiger partial charge in [-0.1, -0.05) is 28.1 Å². The minimum atomic E-state index is -4.33. The van der Waals surface area contributed by atoms with Crippen LogP contribution in [0, 0.1) is 0 Å². The number of alkyl halides is 3. The molecule has 0 unspecified atom stereocenters. The monoisotopic (exact) mass is 497 g/mol. The average Bonchev–Trinajstić information content (AvgIpc) is 2.74. The second-order valence-electron chi connectivity index (χ2n) is 7.36. The van der Waals surface area contributed by atoms with Crippen LogP contribution < -0.4 is 5.32 Å². The average molecular weight is 498 g/mol. The number of nitrogens with zero attached hydrogens (tertiary/aromatic N) is 2. The summed E-state index contributed by atoms with van der Waals surface area (Å²) in [5, 5.41) is 2.75. The number of carbonyl (C=O) groups is 2. The Balaban J connectivity index is 1.38. The number of carbonyl (C=O) groups excluding carboxylic acids is 2. The van der Waals surface area contributed by atoms with Crippen LogP contribution in [-0.2, 0) is 17.5 Å².